The minimum absolute atomic E-state index is 0.00376. The molecule has 0 aromatic heterocycles. The molecule has 5 heteroatoms. The van der Waals surface area contributed by atoms with Crippen LogP contribution in [0.15, 0.2) is 30.3 Å². The van der Waals surface area contributed by atoms with Gasteiger partial charge in [0.15, 0.2) is 8.24 Å². The average Bonchev–Trinajstić information content (AvgIpc) is 2.83. The van der Waals surface area contributed by atoms with Gasteiger partial charge in [-0.05, 0) is 24.8 Å². The van der Waals surface area contributed by atoms with Crippen molar-refractivity contribution in [3.63, 3.8) is 0 Å². The van der Waals surface area contributed by atoms with Crippen LogP contribution in [0.2, 0.25) is 19.6 Å². The molecule has 2 aliphatic rings. The van der Waals surface area contributed by atoms with Gasteiger partial charge in [0.1, 0.15) is 5.54 Å². The van der Waals surface area contributed by atoms with Crippen molar-refractivity contribution in [3.8, 4) is 0 Å². The number of urea groups is 1. The maximum atomic E-state index is 13.7. The van der Waals surface area contributed by atoms with Gasteiger partial charge in [-0.15, -0.1) is 0 Å². The van der Waals surface area contributed by atoms with Gasteiger partial charge in [-0.2, -0.15) is 0 Å². The first kappa shape index (κ1) is 18.2. The summed E-state index contributed by atoms with van der Waals surface area (Å²) in [6.07, 6.45) is 6.16. The highest BCUT2D eigenvalue weighted by atomic mass is 28.3. The van der Waals surface area contributed by atoms with Gasteiger partial charge in [-0.1, -0.05) is 76.2 Å². The van der Waals surface area contributed by atoms with Crippen LogP contribution in [0.25, 0.3) is 0 Å². The van der Waals surface area contributed by atoms with Crippen molar-refractivity contribution in [2.75, 3.05) is 0 Å². The zero-order valence-corrected chi connectivity index (χ0v) is 16.9. The lowest BCUT2D eigenvalue weighted by Gasteiger charge is -2.41. The van der Waals surface area contributed by atoms with Crippen LogP contribution in [0.3, 0.4) is 0 Å². The summed E-state index contributed by atoms with van der Waals surface area (Å²) in [5.74, 6) is -0.00376. The van der Waals surface area contributed by atoms with E-state index in [1.54, 1.807) is 4.57 Å². The molecule has 0 spiro atoms. The zero-order chi connectivity index (χ0) is 18.2. The lowest BCUT2D eigenvalue weighted by atomic mass is 9.82. The first-order chi connectivity index (χ1) is 11.8. The van der Waals surface area contributed by atoms with Crippen molar-refractivity contribution < 1.29 is 9.59 Å². The molecule has 4 nitrogen and oxygen atoms in total. The summed E-state index contributed by atoms with van der Waals surface area (Å²) in [6, 6.07) is 10.1. The van der Waals surface area contributed by atoms with Crippen LogP contribution in [0.5, 0.6) is 0 Å². The van der Waals surface area contributed by atoms with Gasteiger partial charge in [0, 0.05) is 6.04 Å². The fraction of sp³-hybridized carbons (Fsp3) is 0.600. The number of amides is 3. The Morgan fingerprint density at radius 2 is 1.64 bits per heavy atom. The van der Waals surface area contributed by atoms with E-state index in [0.29, 0.717) is 6.42 Å². The molecule has 25 heavy (non-hydrogen) atoms. The van der Waals surface area contributed by atoms with E-state index < -0.39 is 13.8 Å². The monoisotopic (exact) mass is 358 g/mol. The molecule has 2 fully saturated rings. The molecule has 1 aliphatic heterocycles. The molecule has 1 aliphatic carbocycles. The third-order valence-corrected chi connectivity index (χ3v) is 7.48. The third kappa shape index (κ3) is 2.82. The van der Waals surface area contributed by atoms with Crippen molar-refractivity contribution in [2.24, 2.45) is 0 Å². The molecule has 1 aromatic carbocycles. The normalized spacial score (nSPS) is 25.8. The van der Waals surface area contributed by atoms with Gasteiger partial charge in [-0.25, -0.2) is 4.79 Å². The fourth-order valence-electron chi connectivity index (χ4n) is 4.55. The molecule has 1 aromatic rings. The van der Waals surface area contributed by atoms with E-state index >= 15 is 0 Å². The minimum Gasteiger partial charge on any atom is -0.303 e. The van der Waals surface area contributed by atoms with E-state index in [2.05, 4.69) is 19.6 Å². The molecular formula is C20H30N2O2Si. The maximum Gasteiger partial charge on any atom is 0.320 e. The van der Waals surface area contributed by atoms with Crippen molar-refractivity contribution >= 4 is 20.2 Å². The van der Waals surface area contributed by atoms with Gasteiger partial charge >= 0.3 is 6.03 Å². The Hall–Kier alpha value is -1.62. The number of benzene rings is 1. The predicted octanol–water partition coefficient (Wildman–Crippen LogP) is 4.72. The van der Waals surface area contributed by atoms with Crippen LogP contribution in [0.1, 0.15) is 51.0 Å². The van der Waals surface area contributed by atoms with Crippen molar-refractivity contribution in [1.29, 1.82) is 0 Å². The quantitative estimate of drug-likeness (QED) is 0.577. The number of imide groups is 1. The topological polar surface area (TPSA) is 40.6 Å². The summed E-state index contributed by atoms with van der Waals surface area (Å²) >= 11 is 0. The number of hydrogen-bond donors (Lipinski definition) is 0. The van der Waals surface area contributed by atoms with Crippen molar-refractivity contribution in [1.82, 2.24) is 9.47 Å². The van der Waals surface area contributed by atoms with Crippen molar-refractivity contribution in [2.45, 2.75) is 76.7 Å². The predicted molar refractivity (Wildman–Crippen MR) is 103 cm³/mol. The molecule has 0 bridgehead atoms. The van der Waals surface area contributed by atoms with Gasteiger partial charge < -0.3 is 4.90 Å². The van der Waals surface area contributed by atoms with Crippen molar-refractivity contribution in [3.05, 3.63) is 35.9 Å². The van der Waals surface area contributed by atoms with E-state index in [1.807, 2.05) is 42.2 Å². The number of carbonyl (C=O) groups is 2. The Labute approximate surface area is 152 Å². The summed E-state index contributed by atoms with van der Waals surface area (Å²) in [5, 5.41) is 0. The molecule has 1 saturated heterocycles. The summed E-state index contributed by atoms with van der Waals surface area (Å²) in [7, 11) is -2.10. The molecule has 3 rings (SSSR count). The van der Waals surface area contributed by atoms with E-state index in [9.17, 15) is 9.59 Å². The highest BCUT2D eigenvalue weighted by Gasteiger charge is 2.61. The molecule has 136 valence electrons. The SMILES string of the molecule is CCC1(c2ccccc2)C(=O)N([Si](C)(C)C)C(=O)N1C1CCCCC1. The molecule has 0 N–H and O–H groups in total. The molecule has 1 unspecified atom stereocenters. The van der Waals surface area contributed by atoms with Crippen LogP contribution < -0.4 is 0 Å². The first-order valence-electron chi connectivity index (χ1n) is 9.57. The maximum absolute atomic E-state index is 13.7. The van der Waals surface area contributed by atoms with Crippen LogP contribution in [-0.2, 0) is 10.3 Å². The van der Waals surface area contributed by atoms with Crippen LogP contribution >= 0.6 is 0 Å². The minimum atomic E-state index is -2.10. The Morgan fingerprint density at radius 3 is 2.16 bits per heavy atom. The smallest absolute Gasteiger partial charge is 0.303 e. The van der Waals surface area contributed by atoms with Gasteiger partial charge in [-0.3, -0.25) is 9.36 Å². The lowest BCUT2D eigenvalue weighted by Crippen LogP contribution is -2.52. The number of hydrogen-bond acceptors (Lipinski definition) is 2. The molecule has 1 atom stereocenters. The third-order valence-electron chi connectivity index (χ3n) is 5.74. The standard InChI is InChI=1S/C20H30N2O2Si/c1-5-20(16-12-8-6-9-13-16)18(23)22(25(2,3)4)19(24)21(20)17-14-10-7-11-15-17/h6,8-9,12-13,17H,5,7,10-11,14-15H2,1-4H3. The highest BCUT2D eigenvalue weighted by Crippen LogP contribution is 2.45. The Kier molecular flexibility index (Phi) is 4.79. The highest BCUT2D eigenvalue weighted by molar-refractivity contribution is 6.78. The Bertz CT molecular complexity index is 649. The average molecular weight is 359 g/mol. The van der Waals surface area contributed by atoms with E-state index in [0.717, 1.165) is 31.2 Å². The molecule has 0 radical (unpaired) electrons. The van der Waals surface area contributed by atoms with Gasteiger partial charge in [0.05, 0.1) is 0 Å². The zero-order valence-electron chi connectivity index (χ0n) is 15.9. The molecular weight excluding hydrogens is 328 g/mol. The van der Waals surface area contributed by atoms with Gasteiger partial charge in [0.25, 0.3) is 5.91 Å². The van der Waals surface area contributed by atoms with E-state index in [1.165, 1.54) is 6.42 Å². The summed E-state index contributed by atoms with van der Waals surface area (Å²) in [4.78, 5) is 29.1. The second-order valence-electron chi connectivity index (χ2n) is 8.34. The number of rotatable bonds is 4. The van der Waals surface area contributed by atoms with Crippen LogP contribution in [0, 0.1) is 0 Å². The van der Waals surface area contributed by atoms with Gasteiger partial charge in [0.2, 0.25) is 0 Å². The molecule has 1 heterocycles. The first-order valence-corrected chi connectivity index (χ1v) is 13.0. The second kappa shape index (κ2) is 6.59. The summed E-state index contributed by atoms with van der Waals surface area (Å²) < 4.78 is 1.64. The molecule has 1 saturated carbocycles. The number of nitrogens with zero attached hydrogens (tertiary/aromatic N) is 2. The number of carbonyl (C=O) groups excluding carboxylic acids is 2. The molecule has 3 amide bonds. The van der Waals surface area contributed by atoms with Crippen LogP contribution in [-0.4, -0.2) is 35.7 Å². The summed E-state index contributed by atoms with van der Waals surface area (Å²) in [5.41, 5.74) is 0.128. The Morgan fingerprint density at radius 1 is 1.04 bits per heavy atom. The lowest BCUT2D eigenvalue weighted by molar-refractivity contribution is -0.132. The largest absolute Gasteiger partial charge is 0.320 e. The second-order valence-corrected chi connectivity index (χ2v) is 13.1. The van der Waals surface area contributed by atoms with E-state index in [4.69, 9.17) is 0 Å². The van der Waals surface area contributed by atoms with Crippen LogP contribution in [0.4, 0.5) is 4.79 Å². The van der Waals surface area contributed by atoms with E-state index in [-0.39, 0.29) is 18.0 Å². The Balaban J connectivity index is 2.16. The fourth-order valence-corrected chi connectivity index (χ4v) is 6.02. The summed E-state index contributed by atoms with van der Waals surface area (Å²) in [6.45, 7) is 8.29.